The normalized spacial score (nSPS) is 16.6. The number of nitrogens with two attached hydrogens (primary N) is 1. The summed E-state index contributed by atoms with van der Waals surface area (Å²) in [5, 5.41) is 4.35. The number of hydrogen-bond acceptors (Lipinski definition) is 4. The Morgan fingerprint density at radius 2 is 2.00 bits per heavy atom. The van der Waals surface area contributed by atoms with Crippen molar-refractivity contribution in [2.24, 2.45) is 7.05 Å². The van der Waals surface area contributed by atoms with Crippen LogP contribution in [0.3, 0.4) is 0 Å². The van der Waals surface area contributed by atoms with Gasteiger partial charge in [-0.1, -0.05) is 0 Å². The Balaban J connectivity index is 1.96. The Kier molecular flexibility index (Phi) is 3.57. The van der Waals surface area contributed by atoms with E-state index in [9.17, 15) is 0 Å². The second kappa shape index (κ2) is 4.96. The average Bonchev–Trinajstić information content (AvgIpc) is 2.86. The van der Waals surface area contributed by atoms with Gasteiger partial charge < -0.3 is 15.5 Å². The van der Waals surface area contributed by atoms with E-state index in [-0.39, 0.29) is 0 Å². The summed E-state index contributed by atoms with van der Waals surface area (Å²) >= 11 is 0. The van der Waals surface area contributed by atoms with Gasteiger partial charge >= 0.3 is 0 Å². The van der Waals surface area contributed by atoms with Gasteiger partial charge in [-0.25, -0.2) is 0 Å². The van der Waals surface area contributed by atoms with Crippen LogP contribution in [0.15, 0.2) is 0 Å². The lowest BCUT2D eigenvalue weighted by molar-refractivity contribution is 0.346. The molecule has 0 amide bonds. The van der Waals surface area contributed by atoms with E-state index in [0.717, 1.165) is 30.3 Å². The number of nitrogen functional groups attached to an aromatic ring is 1. The topological polar surface area (TPSA) is 50.3 Å². The van der Waals surface area contributed by atoms with Gasteiger partial charge in [0.25, 0.3) is 0 Å². The molecule has 2 rings (SSSR count). The van der Waals surface area contributed by atoms with Crippen molar-refractivity contribution in [3.8, 4) is 0 Å². The summed E-state index contributed by atoms with van der Waals surface area (Å²) in [6.45, 7) is 6.55. The fourth-order valence-corrected chi connectivity index (χ4v) is 2.52. The molecule has 17 heavy (non-hydrogen) atoms. The molecule has 5 heteroatoms. The van der Waals surface area contributed by atoms with Crippen molar-refractivity contribution in [3.05, 3.63) is 5.69 Å². The standard InChI is InChI=1S/C12H23N5/c1-10-11(13)12(16(3)14-10)15(2)8-9-17-6-4-5-7-17/h4-9,13H2,1-3H3. The van der Waals surface area contributed by atoms with Crippen LogP contribution in [-0.2, 0) is 7.05 Å². The number of anilines is 2. The van der Waals surface area contributed by atoms with E-state index in [4.69, 9.17) is 5.73 Å². The van der Waals surface area contributed by atoms with Crippen LogP contribution in [0.1, 0.15) is 18.5 Å². The van der Waals surface area contributed by atoms with Gasteiger partial charge in [-0.15, -0.1) is 0 Å². The fourth-order valence-electron chi connectivity index (χ4n) is 2.52. The van der Waals surface area contributed by atoms with E-state index in [2.05, 4.69) is 21.9 Å². The molecule has 1 aliphatic rings. The van der Waals surface area contributed by atoms with Crippen LogP contribution in [0.2, 0.25) is 0 Å². The summed E-state index contributed by atoms with van der Waals surface area (Å²) < 4.78 is 1.87. The van der Waals surface area contributed by atoms with Gasteiger partial charge in [0, 0.05) is 27.2 Å². The third-order valence-corrected chi connectivity index (χ3v) is 3.55. The minimum atomic E-state index is 0.802. The van der Waals surface area contributed by atoms with Crippen molar-refractivity contribution in [3.63, 3.8) is 0 Å². The van der Waals surface area contributed by atoms with E-state index in [0.29, 0.717) is 0 Å². The molecule has 0 bridgehead atoms. The third kappa shape index (κ3) is 2.54. The van der Waals surface area contributed by atoms with Gasteiger partial charge in [0.05, 0.1) is 11.4 Å². The smallest absolute Gasteiger partial charge is 0.150 e. The second-order valence-corrected chi connectivity index (χ2v) is 4.92. The van der Waals surface area contributed by atoms with Gasteiger partial charge in [-0.05, 0) is 32.9 Å². The van der Waals surface area contributed by atoms with E-state index < -0.39 is 0 Å². The molecule has 1 fully saturated rings. The molecule has 0 unspecified atom stereocenters. The molecular weight excluding hydrogens is 214 g/mol. The number of aryl methyl sites for hydroxylation is 2. The molecule has 1 saturated heterocycles. The zero-order valence-corrected chi connectivity index (χ0v) is 11.1. The first-order valence-electron chi connectivity index (χ1n) is 6.32. The first-order valence-corrected chi connectivity index (χ1v) is 6.32. The number of likely N-dealkylation sites (N-methyl/N-ethyl adjacent to an activating group) is 1. The largest absolute Gasteiger partial charge is 0.394 e. The number of aromatic nitrogens is 2. The average molecular weight is 237 g/mol. The highest BCUT2D eigenvalue weighted by molar-refractivity contribution is 5.65. The van der Waals surface area contributed by atoms with Crippen molar-refractivity contribution < 1.29 is 0 Å². The SMILES string of the molecule is Cc1nn(C)c(N(C)CCN2CCCC2)c1N. The molecule has 2 N–H and O–H groups in total. The van der Waals surface area contributed by atoms with Crippen LogP contribution in [0.4, 0.5) is 11.5 Å². The Bertz CT molecular complexity index is 378. The lowest BCUT2D eigenvalue weighted by atomic mass is 10.3. The van der Waals surface area contributed by atoms with E-state index in [1.807, 2.05) is 18.7 Å². The minimum absolute atomic E-state index is 0.802. The fraction of sp³-hybridized carbons (Fsp3) is 0.750. The maximum Gasteiger partial charge on any atom is 0.150 e. The van der Waals surface area contributed by atoms with Gasteiger partial charge in [0.1, 0.15) is 5.82 Å². The van der Waals surface area contributed by atoms with Gasteiger partial charge in [0.2, 0.25) is 0 Å². The summed E-state index contributed by atoms with van der Waals surface area (Å²) in [6.07, 6.45) is 2.69. The molecule has 5 nitrogen and oxygen atoms in total. The first kappa shape index (κ1) is 12.2. The number of nitrogens with zero attached hydrogens (tertiary/aromatic N) is 4. The highest BCUT2D eigenvalue weighted by Crippen LogP contribution is 2.24. The number of likely N-dealkylation sites (tertiary alicyclic amines) is 1. The van der Waals surface area contributed by atoms with Gasteiger partial charge in [0.15, 0.2) is 0 Å². The van der Waals surface area contributed by atoms with Crippen LogP contribution >= 0.6 is 0 Å². The number of rotatable bonds is 4. The number of hydrogen-bond donors (Lipinski definition) is 1. The summed E-state index contributed by atoms with van der Waals surface area (Å²) in [4.78, 5) is 4.71. The molecule has 0 saturated carbocycles. The maximum atomic E-state index is 6.05. The van der Waals surface area contributed by atoms with Crippen LogP contribution in [-0.4, -0.2) is 47.9 Å². The Labute approximate surface area is 103 Å². The third-order valence-electron chi connectivity index (χ3n) is 3.55. The quantitative estimate of drug-likeness (QED) is 0.843. The minimum Gasteiger partial charge on any atom is -0.394 e. The van der Waals surface area contributed by atoms with Crippen LogP contribution in [0, 0.1) is 6.92 Å². The maximum absolute atomic E-state index is 6.05. The highest BCUT2D eigenvalue weighted by Gasteiger charge is 2.16. The zero-order valence-electron chi connectivity index (χ0n) is 11.1. The van der Waals surface area contributed by atoms with Crippen molar-refractivity contribution in [2.45, 2.75) is 19.8 Å². The van der Waals surface area contributed by atoms with Crippen LogP contribution < -0.4 is 10.6 Å². The zero-order chi connectivity index (χ0) is 12.4. The van der Waals surface area contributed by atoms with Crippen molar-refractivity contribution in [1.29, 1.82) is 0 Å². The Hall–Kier alpha value is -1.23. The first-order chi connectivity index (χ1) is 8.09. The lowest BCUT2D eigenvalue weighted by Gasteiger charge is -2.23. The summed E-state index contributed by atoms with van der Waals surface area (Å²) in [5.74, 6) is 1.03. The highest BCUT2D eigenvalue weighted by atomic mass is 15.4. The predicted octanol–water partition coefficient (Wildman–Crippen LogP) is 0.843. The van der Waals surface area contributed by atoms with Crippen LogP contribution in [0.5, 0.6) is 0 Å². The van der Waals surface area contributed by atoms with Crippen molar-refractivity contribution in [2.75, 3.05) is 43.9 Å². The van der Waals surface area contributed by atoms with E-state index in [1.165, 1.54) is 25.9 Å². The summed E-state index contributed by atoms with van der Waals surface area (Å²) in [5.41, 5.74) is 7.76. The second-order valence-electron chi connectivity index (χ2n) is 4.92. The molecule has 1 aliphatic heterocycles. The van der Waals surface area contributed by atoms with Gasteiger partial charge in [-0.3, -0.25) is 4.68 Å². The molecule has 0 atom stereocenters. The molecule has 96 valence electrons. The van der Waals surface area contributed by atoms with Crippen molar-refractivity contribution >= 4 is 11.5 Å². The molecule has 1 aromatic rings. The van der Waals surface area contributed by atoms with Crippen LogP contribution in [0.25, 0.3) is 0 Å². The molecule has 0 spiro atoms. The van der Waals surface area contributed by atoms with E-state index in [1.54, 1.807) is 0 Å². The van der Waals surface area contributed by atoms with E-state index >= 15 is 0 Å². The Morgan fingerprint density at radius 1 is 1.35 bits per heavy atom. The summed E-state index contributed by atoms with van der Waals surface area (Å²) in [7, 11) is 4.04. The monoisotopic (exact) mass is 237 g/mol. The molecule has 2 heterocycles. The predicted molar refractivity (Wildman–Crippen MR) is 71.3 cm³/mol. The molecule has 1 aromatic heterocycles. The molecular formula is C12H23N5. The van der Waals surface area contributed by atoms with Crippen molar-refractivity contribution in [1.82, 2.24) is 14.7 Å². The molecule has 0 aliphatic carbocycles. The van der Waals surface area contributed by atoms with Gasteiger partial charge in [-0.2, -0.15) is 5.10 Å². The lowest BCUT2D eigenvalue weighted by Crippen LogP contribution is -2.32. The summed E-state index contributed by atoms with van der Waals surface area (Å²) in [6, 6.07) is 0. The molecule has 0 aromatic carbocycles. The Morgan fingerprint density at radius 3 is 2.53 bits per heavy atom. The molecule has 0 radical (unpaired) electrons.